The zero-order valence-corrected chi connectivity index (χ0v) is 13.9. The van der Waals surface area contributed by atoms with Crippen LogP contribution in [0.15, 0.2) is 53.6 Å². The third kappa shape index (κ3) is 4.04. The molecule has 2 aromatic carbocycles. The van der Waals surface area contributed by atoms with Crippen molar-refractivity contribution >= 4 is 34.2 Å². The molecule has 0 atom stereocenters. The number of ether oxygens (including phenoxy) is 1. The van der Waals surface area contributed by atoms with E-state index in [1.54, 1.807) is 25.3 Å². The second kappa shape index (κ2) is 7.21. The van der Waals surface area contributed by atoms with Gasteiger partial charge in [-0.1, -0.05) is 30.3 Å². The fourth-order valence-corrected chi connectivity index (χ4v) is 2.49. The molecule has 0 aliphatic carbocycles. The topological polar surface area (TPSA) is 50.7 Å². The lowest BCUT2D eigenvalue weighted by molar-refractivity contribution is 0.0954. The predicted molar refractivity (Wildman–Crippen MR) is 91.8 cm³/mol. The highest BCUT2D eigenvalue weighted by Crippen LogP contribution is 2.21. The van der Waals surface area contributed by atoms with E-state index in [0.717, 1.165) is 20.6 Å². The molecule has 0 bridgehead atoms. The second-order valence-electron chi connectivity index (χ2n) is 4.35. The number of halogens is 1. The number of hydrogen-bond acceptors (Lipinski definition) is 3. The summed E-state index contributed by atoms with van der Waals surface area (Å²) in [5.41, 5.74) is 4.84. The van der Waals surface area contributed by atoms with Crippen molar-refractivity contribution < 1.29 is 9.53 Å². The van der Waals surface area contributed by atoms with Gasteiger partial charge in [-0.2, -0.15) is 5.10 Å². The van der Waals surface area contributed by atoms with Crippen LogP contribution in [0.2, 0.25) is 0 Å². The van der Waals surface area contributed by atoms with Gasteiger partial charge < -0.3 is 4.74 Å². The maximum Gasteiger partial charge on any atom is 0.271 e. The van der Waals surface area contributed by atoms with Crippen LogP contribution in [0.1, 0.15) is 22.8 Å². The molecule has 2 rings (SSSR count). The van der Waals surface area contributed by atoms with Crippen LogP contribution < -0.4 is 10.2 Å². The van der Waals surface area contributed by atoms with Crippen molar-refractivity contribution in [2.24, 2.45) is 5.10 Å². The van der Waals surface area contributed by atoms with Crippen molar-refractivity contribution in [3.8, 4) is 5.75 Å². The fourth-order valence-electron chi connectivity index (χ4n) is 1.75. The average molecular weight is 394 g/mol. The minimum atomic E-state index is -0.245. The molecular weight excluding hydrogens is 379 g/mol. The molecule has 0 aromatic heterocycles. The largest absolute Gasteiger partial charge is 0.496 e. The smallest absolute Gasteiger partial charge is 0.271 e. The number of rotatable bonds is 4. The number of hydrogen-bond donors (Lipinski definition) is 1. The zero-order chi connectivity index (χ0) is 15.2. The van der Waals surface area contributed by atoms with E-state index in [-0.39, 0.29) is 5.91 Å². The van der Waals surface area contributed by atoms with Crippen molar-refractivity contribution in [1.82, 2.24) is 5.43 Å². The highest BCUT2D eigenvalue weighted by Gasteiger charge is 2.08. The van der Waals surface area contributed by atoms with E-state index >= 15 is 0 Å². The summed E-state index contributed by atoms with van der Waals surface area (Å²) in [6.45, 7) is 1.85. The van der Waals surface area contributed by atoms with Crippen LogP contribution in [0.3, 0.4) is 0 Å². The van der Waals surface area contributed by atoms with Crippen LogP contribution in [0.5, 0.6) is 5.75 Å². The van der Waals surface area contributed by atoms with Crippen molar-refractivity contribution in [3.63, 3.8) is 0 Å². The first-order valence-electron chi connectivity index (χ1n) is 6.35. The predicted octanol–water partition coefficient (Wildman–Crippen LogP) is 3.45. The van der Waals surface area contributed by atoms with E-state index in [0.29, 0.717) is 5.56 Å². The number of methoxy groups -OCH3 is 1. The van der Waals surface area contributed by atoms with Crippen molar-refractivity contribution in [2.75, 3.05) is 7.11 Å². The minimum absolute atomic E-state index is 0.245. The number of carbonyl (C=O) groups excluding carboxylic acids is 1. The normalized spacial score (nSPS) is 11.1. The van der Waals surface area contributed by atoms with E-state index < -0.39 is 0 Å². The molecule has 0 aliphatic rings. The van der Waals surface area contributed by atoms with Crippen LogP contribution in [-0.2, 0) is 0 Å². The van der Waals surface area contributed by atoms with Crippen LogP contribution >= 0.6 is 22.6 Å². The fraction of sp³-hybridized carbons (Fsp3) is 0.125. The van der Waals surface area contributed by atoms with Crippen molar-refractivity contribution in [3.05, 3.63) is 63.2 Å². The molecule has 1 N–H and O–H groups in total. The minimum Gasteiger partial charge on any atom is -0.496 e. The van der Waals surface area contributed by atoms with E-state index in [2.05, 4.69) is 33.1 Å². The van der Waals surface area contributed by atoms with Gasteiger partial charge in [-0.05, 0) is 53.3 Å². The summed E-state index contributed by atoms with van der Waals surface area (Å²) in [6.07, 6.45) is 0. The van der Waals surface area contributed by atoms with E-state index in [1.165, 1.54) is 0 Å². The van der Waals surface area contributed by atoms with Crippen LogP contribution in [0, 0.1) is 3.57 Å². The zero-order valence-electron chi connectivity index (χ0n) is 11.8. The molecule has 0 aliphatic heterocycles. The maximum absolute atomic E-state index is 12.1. The molecule has 0 saturated carbocycles. The van der Waals surface area contributed by atoms with E-state index in [1.807, 2.05) is 37.3 Å². The van der Waals surface area contributed by atoms with Gasteiger partial charge in [-0.15, -0.1) is 0 Å². The molecule has 5 heteroatoms. The van der Waals surface area contributed by atoms with Crippen molar-refractivity contribution in [2.45, 2.75) is 6.92 Å². The third-order valence-electron chi connectivity index (χ3n) is 2.93. The summed E-state index contributed by atoms with van der Waals surface area (Å²) < 4.78 is 6.05. The monoisotopic (exact) mass is 394 g/mol. The molecule has 0 spiro atoms. The summed E-state index contributed by atoms with van der Waals surface area (Å²) in [4.78, 5) is 12.1. The molecule has 4 nitrogen and oxygen atoms in total. The molecule has 1 amide bonds. The standard InChI is InChI=1S/C16H15IN2O2/c1-11(12-6-4-3-5-7-12)18-19-16(20)13-8-9-15(21-2)14(17)10-13/h3-10H,1-2H3,(H,19,20)/b18-11+. The summed E-state index contributed by atoms with van der Waals surface area (Å²) >= 11 is 2.13. The summed E-state index contributed by atoms with van der Waals surface area (Å²) in [6, 6.07) is 14.9. The number of nitrogens with zero attached hydrogens (tertiary/aromatic N) is 1. The van der Waals surface area contributed by atoms with Crippen LogP contribution in [-0.4, -0.2) is 18.7 Å². The number of hydrazone groups is 1. The SMILES string of the molecule is COc1ccc(C(=O)N/N=C(\C)c2ccccc2)cc1I. The number of nitrogens with one attached hydrogen (secondary N) is 1. The van der Waals surface area contributed by atoms with Gasteiger partial charge in [0.15, 0.2) is 0 Å². The first-order chi connectivity index (χ1) is 10.1. The van der Waals surface area contributed by atoms with Crippen molar-refractivity contribution in [1.29, 1.82) is 0 Å². The number of carbonyl (C=O) groups is 1. The van der Waals surface area contributed by atoms with Crippen LogP contribution in [0.4, 0.5) is 0 Å². The molecule has 0 fully saturated rings. The Kier molecular flexibility index (Phi) is 5.32. The molecule has 2 aromatic rings. The third-order valence-corrected chi connectivity index (χ3v) is 3.77. The van der Waals surface area contributed by atoms with Gasteiger partial charge >= 0.3 is 0 Å². The summed E-state index contributed by atoms with van der Waals surface area (Å²) in [5.74, 6) is 0.502. The summed E-state index contributed by atoms with van der Waals surface area (Å²) in [5, 5.41) is 4.13. The highest BCUT2D eigenvalue weighted by atomic mass is 127. The Labute approximate surface area is 137 Å². The Morgan fingerprint density at radius 2 is 1.86 bits per heavy atom. The highest BCUT2D eigenvalue weighted by molar-refractivity contribution is 14.1. The molecular formula is C16H15IN2O2. The summed E-state index contributed by atoms with van der Waals surface area (Å²) in [7, 11) is 1.60. The number of benzene rings is 2. The van der Waals surface area contributed by atoms with E-state index in [4.69, 9.17) is 4.74 Å². The quantitative estimate of drug-likeness (QED) is 0.491. The molecule has 0 heterocycles. The first kappa shape index (κ1) is 15.5. The maximum atomic E-state index is 12.1. The van der Waals surface area contributed by atoms with Gasteiger partial charge in [0.05, 0.1) is 16.4 Å². The molecule has 0 radical (unpaired) electrons. The Morgan fingerprint density at radius 1 is 1.14 bits per heavy atom. The lowest BCUT2D eigenvalue weighted by Gasteiger charge is -2.06. The molecule has 108 valence electrons. The average Bonchev–Trinajstić information content (AvgIpc) is 2.53. The Hall–Kier alpha value is -1.89. The Balaban J connectivity index is 2.10. The lowest BCUT2D eigenvalue weighted by atomic mass is 10.1. The van der Waals surface area contributed by atoms with Crippen LogP contribution in [0.25, 0.3) is 0 Å². The van der Waals surface area contributed by atoms with Gasteiger partial charge in [0.25, 0.3) is 5.91 Å². The first-order valence-corrected chi connectivity index (χ1v) is 7.43. The number of amides is 1. The van der Waals surface area contributed by atoms with Gasteiger partial charge in [-0.25, -0.2) is 5.43 Å². The van der Waals surface area contributed by atoms with E-state index in [9.17, 15) is 4.79 Å². The lowest BCUT2D eigenvalue weighted by Crippen LogP contribution is -2.19. The molecule has 0 saturated heterocycles. The molecule has 21 heavy (non-hydrogen) atoms. The second-order valence-corrected chi connectivity index (χ2v) is 5.52. The molecule has 0 unspecified atom stereocenters. The van der Waals surface area contributed by atoms with Gasteiger partial charge in [0, 0.05) is 5.56 Å². The van der Waals surface area contributed by atoms with Gasteiger partial charge in [0.2, 0.25) is 0 Å². The Morgan fingerprint density at radius 3 is 2.48 bits per heavy atom. The Bertz CT molecular complexity index is 669. The van der Waals surface area contributed by atoms with Gasteiger partial charge in [-0.3, -0.25) is 4.79 Å². The van der Waals surface area contributed by atoms with Gasteiger partial charge in [0.1, 0.15) is 5.75 Å².